The Morgan fingerprint density at radius 1 is 0.392 bits per heavy atom. The smallest absolute Gasteiger partial charge is 0.323 e. The summed E-state index contributed by atoms with van der Waals surface area (Å²) in [5, 5.41) is 15.6. The third kappa shape index (κ3) is 17.1. The van der Waals surface area contributed by atoms with Crippen molar-refractivity contribution in [3.63, 3.8) is 0 Å². The number of urea groups is 1. The van der Waals surface area contributed by atoms with Crippen molar-refractivity contribution in [3.8, 4) is 0 Å². The number of carbonyl (C=O) groups is 5. The van der Waals surface area contributed by atoms with Gasteiger partial charge < -0.3 is 89.3 Å². The van der Waals surface area contributed by atoms with Gasteiger partial charge in [-0.2, -0.15) is 0 Å². The van der Waals surface area contributed by atoms with E-state index in [1.54, 1.807) is 13.8 Å². The summed E-state index contributed by atoms with van der Waals surface area (Å²) in [4.78, 5) is 151. The highest BCUT2D eigenvalue weighted by Crippen LogP contribution is 2.42. The predicted octanol–water partition coefficient (Wildman–Crippen LogP) is 5.14. The molecule has 74 heavy (non-hydrogen) atoms. The zero-order chi connectivity index (χ0) is 54.3. The molecule has 0 spiro atoms. The van der Waals surface area contributed by atoms with Gasteiger partial charge in [0.15, 0.2) is 0 Å². The summed E-state index contributed by atoms with van der Waals surface area (Å²) in [6.07, 6.45) is -3.57. The second-order valence-electron chi connectivity index (χ2n) is 16.8. The topological polar surface area (TPSA) is 399 Å². The van der Waals surface area contributed by atoms with Crippen LogP contribution in [0.5, 0.6) is 0 Å². The molecular formula is C47H44N6O17P4-4. The van der Waals surface area contributed by atoms with Crippen molar-refractivity contribution in [2.75, 3.05) is 31.9 Å². The van der Waals surface area contributed by atoms with E-state index in [9.17, 15) is 81.4 Å². The molecule has 6 rings (SSSR count). The average molecular weight is 1090 g/mol. The van der Waals surface area contributed by atoms with E-state index < -0.39 is 84.7 Å². The maximum absolute atomic E-state index is 13.5. The van der Waals surface area contributed by atoms with Crippen LogP contribution in [0.3, 0.4) is 0 Å². The standard InChI is InChI=1S/C47H48N6O17P4/c1-27-9-13-33(45(56)50-39-15-11-29(23-71(59,60)61)17-35(39)25-73(65,66)67)21-41(27)52-43(54)31-5-3-7-37(19-31)48-47(58)49-38-8-4-6-32(20-38)44(55)53-42-22-34(14-10-28(42)2)46(57)51-40-16-12-30(24-72(62,63)64)18-36(40)26-74(68,69)70/h3-22H,23-26H2,1-2H3,(H,50,56)(H,51,57)(H,52,54)(H,53,55)(H2,48,49,58)(H2,59,60,61)(H2,62,63,64)(H2,65,66,67)(H2,68,69,70)/p-4. The van der Waals surface area contributed by atoms with E-state index in [0.717, 1.165) is 12.1 Å². The van der Waals surface area contributed by atoms with Crippen molar-refractivity contribution in [2.24, 2.45) is 0 Å². The van der Waals surface area contributed by atoms with Gasteiger partial charge in [-0.3, -0.25) is 19.2 Å². The third-order valence-corrected chi connectivity index (χ3v) is 13.6. The molecule has 0 radical (unpaired) electrons. The van der Waals surface area contributed by atoms with E-state index in [2.05, 4.69) is 31.9 Å². The van der Waals surface area contributed by atoms with Crippen LogP contribution in [0.1, 0.15) is 74.8 Å². The Morgan fingerprint density at radius 3 is 1.05 bits per heavy atom. The van der Waals surface area contributed by atoms with Gasteiger partial charge in [0.05, 0.1) is 0 Å². The van der Waals surface area contributed by atoms with Crippen LogP contribution in [0.2, 0.25) is 0 Å². The molecule has 0 aromatic heterocycles. The lowest BCUT2D eigenvalue weighted by molar-refractivity contribution is -0.195. The molecule has 0 saturated heterocycles. The zero-order valence-electron chi connectivity index (χ0n) is 38.8. The number of amides is 6. The number of hydrogen-bond donors (Lipinski definition) is 10. The van der Waals surface area contributed by atoms with E-state index >= 15 is 0 Å². The van der Waals surface area contributed by atoms with Gasteiger partial charge in [-0.05, 0) is 120 Å². The molecule has 6 aromatic rings. The van der Waals surface area contributed by atoms with E-state index in [1.165, 1.54) is 109 Å². The fourth-order valence-corrected chi connectivity index (χ4v) is 9.93. The number of benzene rings is 6. The van der Waals surface area contributed by atoms with Gasteiger partial charge in [-0.15, -0.1) is 0 Å². The van der Waals surface area contributed by atoms with Crippen LogP contribution in [0.4, 0.5) is 38.9 Å². The Morgan fingerprint density at radius 2 is 0.716 bits per heavy atom. The SMILES string of the molecule is Cc1ccc(C(=O)Nc2ccc(CP(=O)([O-])O)cc2CP(=O)([O-])O)cc1NC(=O)c1cccc(NC(=O)Nc2cccc(C(=O)Nc3cc(C(=O)Nc4ccc(CP(=O)([O-])O)cc4CP(=O)([O-])O)ccc3C)c2)c1. The highest BCUT2D eigenvalue weighted by molar-refractivity contribution is 7.50. The summed E-state index contributed by atoms with van der Waals surface area (Å²) < 4.78 is 46.3. The van der Waals surface area contributed by atoms with Crippen LogP contribution in [-0.2, 0) is 42.9 Å². The number of aryl methyl sites for hydroxylation is 2. The molecule has 0 fully saturated rings. The summed E-state index contributed by atoms with van der Waals surface area (Å²) >= 11 is 0. The predicted molar refractivity (Wildman–Crippen MR) is 267 cm³/mol. The minimum Gasteiger partial charge on any atom is -0.778 e. The van der Waals surface area contributed by atoms with Gasteiger partial charge in [0.1, 0.15) is 30.4 Å². The minimum absolute atomic E-state index is 0.000499. The van der Waals surface area contributed by atoms with Crippen LogP contribution < -0.4 is 51.5 Å². The van der Waals surface area contributed by atoms with Crippen LogP contribution in [0.15, 0.2) is 121 Å². The first-order valence-electron chi connectivity index (χ1n) is 21.6. The molecule has 0 aliphatic carbocycles. The molecule has 4 unspecified atom stereocenters. The molecular weight excluding hydrogens is 1040 g/mol. The first-order valence-corrected chi connectivity index (χ1v) is 28.6. The molecule has 4 atom stereocenters. The molecule has 27 heteroatoms. The Hall–Kier alpha value is -6.93. The molecule has 6 aromatic carbocycles. The monoisotopic (exact) mass is 1090 g/mol. The summed E-state index contributed by atoms with van der Waals surface area (Å²) in [5.74, 6) is -2.81. The fourth-order valence-electron chi connectivity index (χ4n) is 7.23. The molecule has 0 aliphatic rings. The number of hydrogen-bond acceptors (Lipinski definition) is 13. The summed E-state index contributed by atoms with van der Waals surface area (Å²) in [6, 6.07) is 26.6. The molecule has 388 valence electrons. The van der Waals surface area contributed by atoms with Gasteiger partial charge in [-0.25, -0.2) is 4.79 Å². The lowest BCUT2D eigenvalue weighted by atomic mass is 10.1. The van der Waals surface area contributed by atoms with E-state index in [1.807, 2.05) is 0 Å². The second-order valence-corrected chi connectivity index (χ2v) is 23.1. The van der Waals surface area contributed by atoms with Crippen LogP contribution in [0.25, 0.3) is 0 Å². The second kappa shape index (κ2) is 23.1. The van der Waals surface area contributed by atoms with Crippen molar-refractivity contribution in [1.82, 2.24) is 0 Å². The number of carbonyl (C=O) groups excluding carboxylic acids is 5. The first kappa shape index (κ1) is 56.4. The average Bonchev–Trinajstić information content (AvgIpc) is 3.27. The van der Waals surface area contributed by atoms with E-state index in [0.29, 0.717) is 11.1 Å². The highest BCUT2D eigenvalue weighted by Gasteiger charge is 2.20. The molecule has 10 N–H and O–H groups in total. The first-order chi connectivity index (χ1) is 34.5. The van der Waals surface area contributed by atoms with Crippen molar-refractivity contribution in [1.29, 1.82) is 0 Å². The van der Waals surface area contributed by atoms with Gasteiger partial charge >= 0.3 is 6.03 Å². The van der Waals surface area contributed by atoms with Crippen molar-refractivity contribution >= 4 is 94.2 Å². The maximum Gasteiger partial charge on any atom is 0.323 e. The summed E-state index contributed by atoms with van der Waals surface area (Å²) in [7, 11) is -19.5. The fraction of sp³-hybridized carbons (Fsp3) is 0.128. The normalized spacial score (nSPS) is 14.4. The molecule has 0 saturated carbocycles. The maximum atomic E-state index is 13.5. The lowest BCUT2D eigenvalue weighted by Crippen LogP contribution is -2.21. The molecule has 0 heterocycles. The van der Waals surface area contributed by atoms with Gasteiger partial charge in [0.2, 0.25) is 0 Å². The number of rotatable bonds is 18. The minimum atomic E-state index is -4.96. The molecule has 23 nitrogen and oxygen atoms in total. The quantitative estimate of drug-likeness (QED) is 0.0498. The summed E-state index contributed by atoms with van der Waals surface area (Å²) in [5.41, 5.74) is 1.59. The summed E-state index contributed by atoms with van der Waals surface area (Å²) in [6.45, 7) is 3.31. The molecule has 0 bridgehead atoms. The Bertz CT molecular complexity index is 3180. The van der Waals surface area contributed by atoms with Gasteiger partial charge in [-0.1, -0.05) is 48.5 Å². The number of anilines is 6. The Labute approximate surface area is 421 Å². The van der Waals surface area contributed by atoms with Crippen LogP contribution in [0, 0.1) is 13.8 Å². The van der Waals surface area contributed by atoms with Crippen LogP contribution >= 0.6 is 30.4 Å². The Balaban J connectivity index is 1.08. The van der Waals surface area contributed by atoms with E-state index in [-0.39, 0.29) is 78.6 Å². The van der Waals surface area contributed by atoms with Gasteiger partial charge in [0.25, 0.3) is 23.6 Å². The molecule has 6 amide bonds. The molecule has 0 aliphatic heterocycles. The Kier molecular flexibility index (Phi) is 17.6. The largest absolute Gasteiger partial charge is 0.778 e. The lowest BCUT2D eigenvalue weighted by Gasteiger charge is -2.21. The zero-order valence-corrected chi connectivity index (χ0v) is 42.3. The third-order valence-electron chi connectivity index (χ3n) is 10.6. The van der Waals surface area contributed by atoms with Gasteiger partial charge in [0, 0.05) is 81.0 Å². The number of nitrogens with one attached hydrogen (secondary N) is 6. The van der Waals surface area contributed by atoms with Crippen molar-refractivity contribution in [2.45, 2.75) is 38.5 Å². The van der Waals surface area contributed by atoms with E-state index in [4.69, 9.17) is 0 Å². The highest BCUT2D eigenvalue weighted by atomic mass is 31.2. The van der Waals surface area contributed by atoms with Crippen molar-refractivity contribution in [3.05, 3.63) is 177 Å². The van der Waals surface area contributed by atoms with Crippen molar-refractivity contribution < 1.29 is 81.4 Å². The van der Waals surface area contributed by atoms with Crippen LogP contribution in [-0.4, -0.2) is 49.2 Å².